The number of carbonyl (C=O) groups is 1. The Bertz CT molecular complexity index is 464. The van der Waals surface area contributed by atoms with Crippen molar-refractivity contribution in [2.75, 3.05) is 26.9 Å². The summed E-state index contributed by atoms with van der Waals surface area (Å²) in [5, 5.41) is 3.18. The summed E-state index contributed by atoms with van der Waals surface area (Å²) in [6.45, 7) is 2.38. The van der Waals surface area contributed by atoms with E-state index in [0.717, 1.165) is 21.5 Å². The lowest BCUT2D eigenvalue weighted by molar-refractivity contribution is -0.140. The molecule has 0 saturated heterocycles. The van der Waals surface area contributed by atoms with Gasteiger partial charge in [-0.05, 0) is 33.6 Å². The molecule has 6 heteroatoms. The van der Waals surface area contributed by atoms with Crippen molar-refractivity contribution in [2.24, 2.45) is 0 Å². The van der Waals surface area contributed by atoms with E-state index in [-0.39, 0.29) is 5.97 Å². The van der Waals surface area contributed by atoms with Gasteiger partial charge in [0, 0.05) is 13.1 Å². The van der Waals surface area contributed by atoms with Gasteiger partial charge in [0.2, 0.25) is 0 Å². The molecule has 19 heavy (non-hydrogen) atoms. The van der Waals surface area contributed by atoms with Gasteiger partial charge in [-0.3, -0.25) is 4.79 Å². The summed E-state index contributed by atoms with van der Waals surface area (Å²) in [5.41, 5.74) is 1.07. The molecule has 0 radical (unpaired) electrons. The monoisotopic (exact) mass is 329 g/mol. The average molecular weight is 330 g/mol. The maximum atomic E-state index is 11.0. The number of fused-ring (bicyclic) bond motifs is 1. The van der Waals surface area contributed by atoms with Crippen molar-refractivity contribution in [2.45, 2.75) is 13.0 Å². The number of methoxy groups -OCH3 is 1. The van der Waals surface area contributed by atoms with Gasteiger partial charge in [0.1, 0.15) is 13.2 Å². The zero-order valence-electron chi connectivity index (χ0n) is 10.7. The van der Waals surface area contributed by atoms with Crippen LogP contribution in [0.5, 0.6) is 11.5 Å². The molecule has 1 aliphatic heterocycles. The van der Waals surface area contributed by atoms with Crippen molar-refractivity contribution in [1.82, 2.24) is 5.32 Å². The minimum Gasteiger partial charge on any atom is -0.486 e. The summed E-state index contributed by atoms with van der Waals surface area (Å²) >= 11 is 3.47. The largest absolute Gasteiger partial charge is 0.486 e. The van der Waals surface area contributed by atoms with Gasteiger partial charge in [-0.2, -0.15) is 0 Å². The Balaban J connectivity index is 1.90. The second kappa shape index (κ2) is 6.77. The first-order valence-electron chi connectivity index (χ1n) is 6.06. The molecule has 5 nitrogen and oxygen atoms in total. The highest BCUT2D eigenvalue weighted by atomic mass is 79.9. The van der Waals surface area contributed by atoms with Crippen LogP contribution in [-0.4, -0.2) is 32.8 Å². The van der Waals surface area contributed by atoms with E-state index in [2.05, 4.69) is 26.0 Å². The van der Waals surface area contributed by atoms with Crippen LogP contribution in [0.1, 0.15) is 12.0 Å². The van der Waals surface area contributed by atoms with Gasteiger partial charge >= 0.3 is 5.97 Å². The zero-order valence-corrected chi connectivity index (χ0v) is 12.3. The average Bonchev–Trinajstić information content (AvgIpc) is 2.43. The highest BCUT2D eigenvalue weighted by Crippen LogP contribution is 2.38. The lowest BCUT2D eigenvalue weighted by atomic mass is 10.2. The predicted octanol–water partition coefficient (Wildman–Crippen LogP) is 1.87. The number of carbonyl (C=O) groups excluding carboxylic acids is 1. The van der Waals surface area contributed by atoms with Crippen molar-refractivity contribution < 1.29 is 19.0 Å². The van der Waals surface area contributed by atoms with Gasteiger partial charge in [-0.1, -0.05) is 0 Å². The van der Waals surface area contributed by atoms with E-state index < -0.39 is 0 Å². The third kappa shape index (κ3) is 3.84. The van der Waals surface area contributed by atoms with Crippen LogP contribution >= 0.6 is 15.9 Å². The van der Waals surface area contributed by atoms with E-state index in [4.69, 9.17) is 9.47 Å². The summed E-state index contributed by atoms with van der Waals surface area (Å²) in [6.07, 6.45) is 0.363. The van der Waals surface area contributed by atoms with E-state index in [1.165, 1.54) is 7.11 Å². The topological polar surface area (TPSA) is 56.8 Å². The molecular formula is C13H16BrNO4. The van der Waals surface area contributed by atoms with Crippen molar-refractivity contribution in [3.63, 3.8) is 0 Å². The third-order valence-corrected chi connectivity index (χ3v) is 3.31. The van der Waals surface area contributed by atoms with Crippen LogP contribution in [0.15, 0.2) is 16.6 Å². The maximum Gasteiger partial charge on any atom is 0.306 e. The number of benzene rings is 1. The molecule has 1 N–H and O–H groups in total. The highest BCUT2D eigenvalue weighted by Gasteiger charge is 2.16. The molecule has 1 aromatic rings. The Morgan fingerprint density at radius 1 is 1.42 bits per heavy atom. The standard InChI is InChI=1S/C13H16BrNO4/c1-17-12(16)2-3-15-8-9-6-10(14)13-11(7-9)18-4-5-19-13/h6-7,15H,2-5,8H2,1H3. The third-order valence-electron chi connectivity index (χ3n) is 2.72. The molecule has 1 heterocycles. The molecule has 0 bridgehead atoms. The lowest BCUT2D eigenvalue weighted by Crippen LogP contribution is -2.19. The molecule has 0 aromatic heterocycles. The van der Waals surface area contributed by atoms with Crippen LogP contribution in [0.2, 0.25) is 0 Å². The molecule has 0 saturated carbocycles. The zero-order chi connectivity index (χ0) is 13.7. The molecule has 0 aliphatic carbocycles. The van der Waals surface area contributed by atoms with E-state index in [0.29, 0.717) is 32.7 Å². The molecule has 104 valence electrons. The fraction of sp³-hybridized carbons (Fsp3) is 0.462. The molecule has 0 unspecified atom stereocenters. The predicted molar refractivity (Wildman–Crippen MR) is 73.5 cm³/mol. The van der Waals surface area contributed by atoms with Crippen LogP contribution in [-0.2, 0) is 16.1 Å². The smallest absolute Gasteiger partial charge is 0.306 e. The number of ether oxygens (including phenoxy) is 3. The molecular weight excluding hydrogens is 314 g/mol. The molecule has 0 atom stereocenters. The van der Waals surface area contributed by atoms with Gasteiger partial charge in [0.15, 0.2) is 11.5 Å². The summed E-state index contributed by atoms with van der Waals surface area (Å²) in [5.74, 6) is 1.30. The molecule has 0 spiro atoms. The van der Waals surface area contributed by atoms with Crippen molar-refractivity contribution >= 4 is 21.9 Å². The minimum absolute atomic E-state index is 0.212. The molecule has 1 aromatic carbocycles. The van der Waals surface area contributed by atoms with Crippen LogP contribution in [0.3, 0.4) is 0 Å². The van der Waals surface area contributed by atoms with Crippen LogP contribution < -0.4 is 14.8 Å². The Kier molecular flexibility index (Phi) is 5.04. The summed E-state index contributed by atoms with van der Waals surface area (Å²) in [4.78, 5) is 11.0. The maximum absolute atomic E-state index is 11.0. The molecule has 0 fully saturated rings. The number of nitrogens with one attached hydrogen (secondary N) is 1. The number of halogens is 1. The van der Waals surface area contributed by atoms with Crippen molar-refractivity contribution in [1.29, 1.82) is 0 Å². The Labute approximate surface area is 120 Å². The Hall–Kier alpha value is -1.27. The summed E-state index contributed by atoms with van der Waals surface area (Å²) in [6, 6.07) is 3.93. The summed E-state index contributed by atoms with van der Waals surface area (Å²) in [7, 11) is 1.39. The number of rotatable bonds is 5. The second-order valence-electron chi connectivity index (χ2n) is 4.10. The van der Waals surface area contributed by atoms with E-state index in [9.17, 15) is 4.79 Å². The Morgan fingerprint density at radius 3 is 3.00 bits per heavy atom. The van der Waals surface area contributed by atoms with Gasteiger partial charge < -0.3 is 19.5 Å². The van der Waals surface area contributed by atoms with Crippen LogP contribution in [0, 0.1) is 0 Å². The molecule has 2 rings (SSSR count). The van der Waals surface area contributed by atoms with Crippen molar-refractivity contribution in [3.05, 3.63) is 22.2 Å². The van der Waals surface area contributed by atoms with Gasteiger partial charge in [0.05, 0.1) is 18.0 Å². The molecule has 0 amide bonds. The fourth-order valence-corrected chi connectivity index (χ4v) is 2.40. The lowest BCUT2D eigenvalue weighted by Gasteiger charge is -2.20. The minimum atomic E-state index is -0.212. The SMILES string of the molecule is COC(=O)CCNCc1cc(Br)c2c(c1)OCCO2. The van der Waals surface area contributed by atoms with Crippen molar-refractivity contribution in [3.8, 4) is 11.5 Å². The first-order chi connectivity index (χ1) is 9.20. The number of esters is 1. The highest BCUT2D eigenvalue weighted by molar-refractivity contribution is 9.10. The van der Waals surface area contributed by atoms with Gasteiger partial charge in [0.25, 0.3) is 0 Å². The second-order valence-corrected chi connectivity index (χ2v) is 4.96. The molecule has 1 aliphatic rings. The van der Waals surface area contributed by atoms with E-state index in [1.54, 1.807) is 0 Å². The Morgan fingerprint density at radius 2 is 2.21 bits per heavy atom. The number of hydrogen-bond acceptors (Lipinski definition) is 5. The normalized spacial score (nSPS) is 13.2. The fourth-order valence-electron chi connectivity index (χ4n) is 1.79. The van der Waals surface area contributed by atoms with Crippen LogP contribution in [0.4, 0.5) is 0 Å². The quantitative estimate of drug-likeness (QED) is 0.660. The first-order valence-corrected chi connectivity index (χ1v) is 6.85. The first kappa shape index (κ1) is 14.1. The van der Waals surface area contributed by atoms with Gasteiger partial charge in [-0.25, -0.2) is 0 Å². The van der Waals surface area contributed by atoms with Crippen LogP contribution in [0.25, 0.3) is 0 Å². The van der Waals surface area contributed by atoms with E-state index in [1.807, 2.05) is 12.1 Å². The number of hydrogen-bond donors (Lipinski definition) is 1. The summed E-state index contributed by atoms with van der Waals surface area (Å²) < 4.78 is 16.5. The van der Waals surface area contributed by atoms with Gasteiger partial charge in [-0.15, -0.1) is 0 Å². The van der Waals surface area contributed by atoms with E-state index >= 15 is 0 Å².